The molecule has 0 unspecified atom stereocenters. The number of nitrogens with one attached hydrogen (secondary N) is 5. The fourth-order valence-corrected chi connectivity index (χ4v) is 4.75. The Morgan fingerprint density at radius 2 is 1.86 bits per heavy atom. The van der Waals surface area contributed by atoms with E-state index in [1.807, 2.05) is 44.2 Å². The summed E-state index contributed by atoms with van der Waals surface area (Å²) in [5.74, 6) is -1.95. The lowest BCUT2D eigenvalue weighted by molar-refractivity contribution is -0.131. The normalized spacial score (nSPS) is 15.1. The largest absolute Gasteiger partial charge is 0.465 e. The van der Waals surface area contributed by atoms with Crippen molar-refractivity contribution in [3.05, 3.63) is 65.5 Å². The molecule has 0 saturated carbocycles. The number of fused-ring (bicyclic) bond motifs is 1. The molecule has 6 N–H and O–H groups in total. The SMILES string of the molecule is CC[C@H](C)[C@H](NC(=O)Cc1ccccc1)C(=O)NCC(=O)N1c2cc(NC(=O)O)ccc2C[C@H]1C(=O)NCc1nn[nH]n1. The van der Waals surface area contributed by atoms with Gasteiger partial charge in [-0.3, -0.25) is 29.4 Å². The summed E-state index contributed by atoms with van der Waals surface area (Å²) in [7, 11) is 0. The van der Waals surface area contributed by atoms with Gasteiger partial charge in [-0.15, -0.1) is 10.2 Å². The average Bonchev–Trinajstić information content (AvgIpc) is 3.65. The van der Waals surface area contributed by atoms with Crippen LogP contribution in [0, 0.1) is 5.92 Å². The molecule has 1 aliphatic rings. The van der Waals surface area contributed by atoms with Crippen LogP contribution in [0.5, 0.6) is 0 Å². The van der Waals surface area contributed by atoms with E-state index >= 15 is 0 Å². The molecule has 0 bridgehead atoms. The number of aromatic nitrogens is 4. The lowest BCUT2D eigenvalue weighted by Crippen LogP contribution is -2.54. The Labute approximate surface area is 246 Å². The molecule has 5 amide bonds. The van der Waals surface area contributed by atoms with E-state index in [2.05, 4.69) is 41.9 Å². The maximum atomic E-state index is 13.6. The van der Waals surface area contributed by atoms with E-state index in [4.69, 9.17) is 5.11 Å². The number of rotatable bonds is 12. The van der Waals surface area contributed by atoms with Gasteiger partial charge in [-0.1, -0.05) is 61.9 Å². The van der Waals surface area contributed by atoms with Crippen LogP contribution in [-0.4, -0.2) is 74.1 Å². The summed E-state index contributed by atoms with van der Waals surface area (Å²) in [6, 6.07) is 11.9. The number of aromatic amines is 1. The van der Waals surface area contributed by atoms with E-state index in [0.29, 0.717) is 17.7 Å². The number of H-pyrrole nitrogens is 1. The molecule has 3 atom stereocenters. The van der Waals surface area contributed by atoms with Gasteiger partial charge in [0.15, 0.2) is 5.82 Å². The molecule has 0 spiro atoms. The van der Waals surface area contributed by atoms with Gasteiger partial charge in [0.2, 0.25) is 23.6 Å². The molecular weight excluding hydrogens is 558 g/mol. The van der Waals surface area contributed by atoms with Gasteiger partial charge in [0.1, 0.15) is 12.1 Å². The smallest absolute Gasteiger partial charge is 0.409 e. The molecule has 0 fully saturated rings. The quantitative estimate of drug-likeness (QED) is 0.175. The maximum absolute atomic E-state index is 13.6. The van der Waals surface area contributed by atoms with Crippen LogP contribution in [-0.2, 0) is 38.6 Å². The molecule has 43 heavy (non-hydrogen) atoms. The maximum Gasteiger partial charge on any atom is 0.409 e. The summed E-state index contributed by atoms with van der Waals surface area (Å²) in [6.45, 7) is 3.21. The van der Waals surface area contributed by atoms with Crippen LogP contribution in [0.4, 0.5) is 16.2 Å². The third-order valence-corrected chi connectivity index (χ3v) is 7.14. The van der Waals surface area contributed by atoms with Gasteiger partial charge in [0, 0.05) is 17.8 Å². The fraction of sp³-hybridized carbons (Fsp3) is 0.357. The lowest BCUT2D eigenvalue weighted by Gasteiger charge is -2.27. The highest BCUT2D eigenvalue weighted by molar-refractivity contribution is 6.06. The Morgan fingerprint density at radius 3 is 2.53 bits per heavy atom. The van der Waals surface area contributed by atoms with Crippen molar-refractivity contribution in [3.8, 4) is 0 Å². The highest BCUT2D eigenvalue weighted by Crippen LogP contribution is 2.35. The van der Waals surface area contributed by atoms with E-state index in [-0.39, 0.29) is 42.7 Å². The molecular formula is C28H33N9O6. The van der Waals surface area contributed by atoms with Gasteiger partial charge in [-0.25, -0.2) is 4.79 Å². The highest BCUT2D eigenvalue weighted by Gasteiger charge is 2.39. The van der Waals surface area contributed by atoms with E-state index in [1.54, 1.807) is 6.07 Å². The minimum atomic E-state index is -1.29. The second kappa shape index (κ2) is 14.0. The zero-order valence-electron chi connectivity index (χ0n) is 23.7. The average molecular weight is 592 g/mol. The Bertz CT molecular complexity index is 1460. The van der Waals surface area contributed by atoms with E-state index in [0.717, 1.165) is 5.56 Å². The zero-order chi connectivity index (χ0) is 30.9. The van der Waals surface area contributed by atoms with Crippen LogP contribution < -0.4 is 26.2 Å². The number of hydrogen-bond donors (Lipinski definition) is 6. The Balaban J connectivity index is 1.48. The fourth-order valence-electron chi connectivity index (χ4n) is 4.75. The van der Waals surface area contributed by atoms with Crippen molar-refractivity contribution in [3.63, 3.8) is 0 Å². The van der Waals surface area contributed by atoms with Crippen LogP contribution in [0.1, 0.15) is 37.2 Å². The van der Waals surface area contributed by atoms with Gasteiger partial charge in [-0.2, -0.15) is 5.21 Å². The second-order valence-corrected chi connectivity index (χ2v) is 10.1. The van der Waals surface area contributed by atoms with Gasteiger partial charge in [-0.05, 0) is 29.2 Å². The molecule has 4 rings (SSSR count). The van der Waals surface area contributed by atoms with Crippen molar-refractivity contribution in [2.45, 2.75) is 51.7 Å². The number of carboxylic acid groups (broad SMARTS) is 1. The Hall–Kier alpha value is -5.34. The summed E-state index contributed by atoms with van der Waals surface area (Å²) < 4.78 is 0. The second-order valence-electron chi connectivity index (χ2n) is 10.1. The van der Waals surface area contributed by atoms with Crippen LogP contribution >= 0.6 is 0 Å². The minimum absolute atomic E-state index is 0.0357. The van der Waals surface area contributed by atoms with Crippen molar-refractivity contribution in [2.75, 3.05) is 16.8 Å². The van der Waals surface area contributed by atoms with Gasteiger partial charge < -0.3 is 21.1 Å². The molecule has 0 aliphatic carbocycles. The van der Waals surface area contributed by atoms with Gasteiger partial charge in [0.05, 0.1) is 19.5 Å². The third-order valence-electron chi connectivity index (χ3n) is 7.14. The zero-order valence-corrected chi connectivity index (χ0v) is 23.7. The van der Waals surface area contributed by atoms with Crippen molar-refractivity contribution in [1.29, 1.82) is 0 Å². The first-order valence-electron chi connectivity index (χ1n) is 13.7. The van der Waals surface area contributed by atoms with Crippen molar-refractivity contribution < 1.29 is 29.1 Å². The first-order chi connectivity index (χ1) is 20.7. The van der Waals surface area contributed by atoms with Crippen molar-refractivity contribution >= 4 is 41.1 Å². The molecule has 0 radical (unpaired) electrons. The predicted octanol–water partition coefficient (Wildman–Crippen LogP) is 0.754. The predicted molar refractivity (Wildman–Crippen MR) is 154 cm³/mol. The summed E-state index contributed by atoms with van der Waals surface area (Å²) in [5.41, 5.74) is 1.98. The number of amides is 5. The van der Waals surface area contributed by atoms with Crippen molar-refractivity contribution in [1.82, 2.24) is 36.6 Å². The first kappa shape index (κ1) is 30.6. The Kier molecular flexibility index (Phi) is 9.98. The number of anilines is 2. The molecule has 1 aromatic heterocycles. The Morgan fingerprint density at radius 1 is 1.09 bits per heavy atom. The lowest BCUT2D eigenvalue weighted by atomic mass is 9.98. The number of nitrogens with zero attached hydrogens (tertiary/aromatic N) is 4. The van der Waals surface area contributed by atoms with E-state index in [1.165, 1.54) is 17.0 Å². The molecule has 15 heteroatoms. The van der Waals surface area contributed by atoms with Crippen molar-refractivity contribution in [2.24, 2.45) is 5.92 Å². The van der Waals surface area contributed by atoms with E-state index in [9.17, 15) is 24.0 Å². The van der Waals surface area contributed by atoms with E-state index < -0.39 is 42.4 Å². The topological polar surface area (TPSA) is 211 Å². The van der Waals surface area contributed by atoms with Crippen LogP contribution in [0.2, 0.25) is 0 Å². The molecule has 2 heterocycles. The standard InChI is InChI=1S/C28H33N9O6/c1-3-16(2)25(32-23(38)11-17-7-5-4-6-8-17)27(41)30-15-24(39)37-20-13-19(31-28(42)43)10-9-18(20)12-21(37)26(40)29-14-22-33-35-36-34-22/h4-10,13,16,21,25,31H,3,11-12,14-15H2,1-2H3,(H,29,40)(H,30,41)(H,32,38)(H,42,43)(H,33,34,35,36)/t16-,21-,25-/m0/s1. The summed E-state index contributed by atoms with van der Waals surface area (Å²) in [4.78, 5) is 65.2. The number of carbonyl (C=O) groups is 5. The number of tetrazole rings is 1. The summed E-state index contributed by atoms with van der Waals surface area (Å²) >= 11 is 0. The molecule has 15 nitrogen and oxygen atoms in total. The number of hydrogen-bond acceptors (Lipinski definition) is 8. The first-order valence-corrected chi connectivity index (χ1v) is 13.7. The van der Waals surface area contributed by atoms with Gasteiger partial charge >= 0.3 is 6.09 Å². The summed E-state index contributed by atoms with van der Waals surface area (Å²) in [5, 5.41) is 32.8. The molecule has 1 aliphatic heterocycles. The minimum Gasteiger partial charge on any atom is -0.465 e. The molecule has 0 saturated heterocycles. The third kappa shape index (κ3) is 7.90. The number of benzene rings is 2. The number of carbonyl (C=O) groups excluding carboxylic acids is 4. The van der Waals surface area contributed by atoms with Crippen LogP contribution in [0.3, 0.4) is 0 Å². The molecule has 3 aromatic rings. The summed E-state index contributed by atoms with van der Waals surface area (Å²) in [6.07, 6.45) is -0.439. The van der Waals surface area contributed by atoms with Gasteiger partial charge in [0.25, 0.3) is 0 Å². The van der Waals surface area contributed by atoms with Crippen LogP contribution in [0.15, 0.2) is 48.5 Å². The van der Waals surface area contributed by atoms with Crippen LogP contribution in [0.25, 0.3) is 0 Å². The molecule has 2 aromatic carbocycles. The molecule has 226 valence electrons. The monoisotopic (exact) mass is 591 g/mol. The highest BCUT2D eigenvalue weighted by atomic mass is 16.4.